The van der Waals surface area contributed by atoms with E-state index < -0.39 is 17.7 Å². The monoisotopic (exact) mass is 489 g/mol. The Kier molecular flexibility index (Phi) is 9.30. The molecule has 3 atom stereocenters. The molecule has 1 aromatic rings. The van der Waals surface area contributed by atoms with Crippen LogP contribution in [0.1, 0.15) is 64.4 Å². The van der Waals surface area contributed by atoms with E-state index in [-0.39, 0.29) is 17.8 Å². The zero-order valence-electron chi connectivity index (χ0n) is 21.2. The molecular formula is C27H40FN3O4. The number of likely N-dealkylation sites (tertiary alicyclic amines) is 1. The van der Waals surface area contributed by atoms with Crippen molar-refractivity contribution in [1.82, 2.24) is 15.1 Å². The summed E-state index contributed by atoms with van der Waals surface area (Å²) in [5, 5.41) is 12.6. The maximum atomic E-state index is 13.3. The summed E-state index contributed by atoms with van der Waals surface area (Å²) in [6.07, 6.45) is 4.19. The Morgan fingerprint density at radius 3 is 2.54 bits per heavy atom. The fourth-order valence-corrected chi connectivity index (χ4v) is 4.72. The van der Waals surface area contributed by atoms with Gasteiger partial charge in [0, 0.05) is 31.6 Å². The number of ether oxygens (including phenoxy) is 1. The molecule has 2 fully saturated rings. The first-order valence-electron chi connectivity index (χ1n) is 12.6. The van der Waals surface area contributed by atoms with E-state index in [2.05, 4.69) is 16.8 Å². The minimum absolute atomic E-state index is 0.131. The Balaban J connectivity index is 1.59. The minimum Gasteiger partial charge on any atom is -0.444 e. The molecule has 1 aromatic carbocycles. The van der Waals surface area contributed by atoms with Gasteiger partial charge < -0.3 is 20.1 Å². The number of benzene rings is 1. The van der Waals surface area contributed by atoms with Gasteiger partial charge in [-0.05, 0) is 77.1 Å². The minimum atomic E-state index is -0.683. The zero-order chi connectivity index (χ0) is 25.6. The highest BCUT2D eigenvalue weighted by Gasteiger charge is 2.42. The van der Waals surface area contributed by atoms with Crippen LogP contribution in [0.15, 0.2) is 36.9 Å². The molecule has 0 spiro atoms. The lowest BCUT2D eigenvalue weighted by atomic mass is 10.0. The van der Waals surface area contributed by atoms with Crippen LogP contribution in [0, 0.1) is 5.82 Å². The Hall–Kier alpha value is -2.45. The van der Waals surface area contributed by atoms with Crippen LogP contribution in [0.5, 0.6) is 0 Å². The Morgan fingerprint density at radius 1 is 1.29 bits per heavy atom. The van der Waals surface area contributed by atoms with Crippen LogP contribution in [0.25, 0.3) is 0 Å². The fraction of sp³-hybridized carbons (Fsp3) is 0.630. The highest BCUT2D eigenvalue weighted by molar-refractivity contribution is 5.85. The molecule has 0 radical (unpaired) electrons. The first-order chi connectivity index (χ1) is 16.6. The summed E-state index contributed by atoms with van der Waals surface area (Å²) < 4.78 is 18.7. The number of aliphatic hydroxyl groups excluding tert-OH is 1. The Labute approximate surface area is 208 Å². The van der Waals surface area contributed by atoms with Crippen molar-refractivity contribution in [3.8, 4) is 0 Å². The number of carbonyl (C=O) groups excluding carboxylic acids is 2. The second-order valence-corrected chi connectivity index (χ2v) is 10.6. The molecule has 1 saturated carbocycles. The molecule has 1 saturated heterocycles. The Morgan fingerprint density at radius 2 is 1.94 bits per heavy atom. The molecule has 2 N–H and O–H groups in total. The van der Waals surface area contributed by atoms with Gasteiger partial charge in [0.15, 0.2) is 0 Å². The standard InChI is InChI=1S/C27H40FN3O4/c1-5-14-30(24-18-22(24)19-8-10-20(28)11-9-19)15-6-7-23(29-26(34)35-27(2,3)4)25(33)31-16-12-21(32)13-17-31/h5,8-11,21-24,32H,1,6-7,12-18H2,2-4H3,(H,29,34)/t22-,23?,24?/m0/s1. The summed E-state index contributed by atoms with van der Waals surface area (Å²) in [6, 6.07) is 6.37. The highest BCUT2D eigenvalue weighted by Crippen LogP contribution is 2.44. The molecule has 1 aliphatic carbocycles. The van der Waals surface area contributed by atoms with E-state index in [9.17, 15) is 19.1 Å². The fourth-order valence-electron chi connectivity index (χ4n) is 4.72. The highest BCUT2D eigenvalue weighted by atomic mass is 19.1. The molecule has 3 rings (SSSR count). The summed E-state index contributed by atoms with van der Waals surface area (Å²) in [6.45, 7) is 11.7. The van der Waals surface area contributed by atoms with E-state index in [0.29, 0.717) is 50.7 Å². The third kappa shape index (κ3) is 8.32. The number of halogens is 1. The Bertz CT molecular complexity index is 862. The van der Waals surface area contributed by atoms with E-state index >= 15 is 0 Å². The second kappa shape index (κ2) is 12.0. The van der Waals surface area contributed by atoms with Crippen molar-refractivity contribution in [3.05, 3.63) is 48.3 Å². The van der Waals surface area contributed by atoms with Gasteiger partial charge in [0.1, 0.15) is 17.5 Å². The molecule has 0 aromatic heterocycles. The van der Waals surface area contributed by atoms with Crippen LogP contribution < -0.4 is 5.32 Å². The van der Waals surface area contributed by atoms with E-state index in [1.165, 1.54) is 12.1 Å². The van der Waals surface area contributed by atoms with Gasteiger partial charge >= 0.3 is 6.09 Å². The zero-order valence-corrected chi connectivity index (χ0v) is 21.2. The average molecular weight is 490 g/mol. The van der Waals surface area contributed by atoms with Crippen LogP contribution in [0.4, 0.5) is 9.18 Å². The number of piperidine rings is 1. The topological polar surface area (TPSA) is 82.1 Å². The smallest absolute Gasteiger partial charge is 0.408 e. The number of nitrogens with zero attached hydrogens (tertiary/aromatic N) is 2. The number of aliphatic hydroxyl groups is 1. The molecule has 1 heterocycles. The molecule has 194 valence electrons. The summed E-state index contributed by atoms with van der Waals surface area (Å²) in [7, 11) is 0. The molecule has 2 aliphatic rings. The molecule has 1 aliphatic heterocycles. The van der Waals surface area contributed by atoms with Crippen molar-refractivity contribution in [3.63, 3.8) is 0 Å². The third-order valence-electron chi connectivity index (χ3n) is 6.59. The number of carbonyl (C=O) groups is 2. The number of hydrogen-bond donors (Lipinski definition) is 2. The van der Waals surface area contributed by atoms with Crippen molar-refractivity contribution in [2.45, 2.75) is 82.6 Å². The third-order valence-corrected chi connectivity index (χ3v) is 6.59. The molecule has 0 bridgehead atoms. The number of nitrogens with one attached hydrogen (secondary N) is 1. The number of alkyl carbamates (subject to hydrolysis) is 1. The van der Waals surface area contributed by atoms with Gasteiger partial charge in [0.25, 0.3) is 0 Å². The van der Waals surface area contributed by atoms with Gasteiger partial charge in [-0.3, -0.25) is 9.69 Å². The number of rotatable bonds is 10. The summed E-state index contributed by atoms with van der Waals surface area (Å²) in [5.41, 5.74) is 0.479. The quantitative estimate of drug-likeness (QED) is 0.488. The normalized spacial score (nSPS) is 21.5. The van der Waals surface area contributed by atoms with Gasteiger partial charge in [0.2, 0.25) is 5.91 Å². The van der Waals surface area contributed by atoms with Gasteiger partial charge in [-0.1, -0.05) is 18.2 Å². The second-order valence-electron chi connectivity index (χ2n) is 10.6. The van der Waals surface area contributed by atoms with Gasteiger partial charge in [-0.25, -0.2) is 9.18 Å². The first-order valence-corrected chi connectivity index (χ1v) is 12.6. The van der Waals surface area contributed by atoms with Crippen LogP contribution in [-0.4, -0.2) is 76.9 Å². The van der Waals surface area contributed by atoms with Crippen LogP contribution in [0.2, 0.25) is 0 Å². The van der Waals surface area contributed by atoms with Gasteiger partial charge in [-0.15, -0.1) is 6.58 Å². The SMILES string of the molecule is C=CCN(CCCC(NC(=O)OC(C)(C)C)C(=O)N1CCC(O)CC1)C1C[C@H]1c1ccc(F)cc1. The summed E-state index contributed by atoms with van der Waals surface area (Å²) >= 11 is 0. The number of hydrogen-bond acceptors (Lipinski definition) is 5. The van der Waals surface area contributed by atoms with E-state index in [1.807, 2.05) is 18.2 Å². The van der Waals surface area contributed by atoms with Gasteiger partial charge in [0.05, 0.1) is 6.10 Å². The molecule has 7 nitrogen and oxygen atoms in total. The lowest BCUT2D eigenvalue weighted by molar-refractivity contribution is -0.135. The average Bonchev–Trinajstić information content (AvgIpc) is 3.58. The van der Waals surface area contributed by atoms with Crippen molar-refractivity contribution in [2.75, 3.05) is 26.2 Å². The lowest BCUT2D eigenvalue weighted by Gasteiger charge is -2.33. The predicted octanol–water partition coefficient (Wildman–Crippen LogP) is 3.83. The van der Waals surface area contributed by atoms with E-state index in [0.717, 1.165) is 25.1 Å². The predicted molar refractivity (Wildman–Crippen MR) is 134 cm³/mol. The van der Waals surface area contributed by atoms with E-state index in [1.54, 1.807) is 25.7 Å². The largest absolute Gasteiger partial charge is 0.444 e. The molecular weight excluding hydrogens is 449 g/mol. The lowest BCUT2D eigenvalue weighted by Crippen LogP contribution is -2.52. The molecule has 35 heavy (non-hydrogen) atoms. The van der Waals surface area contributed by atoms with Crippen molar-refractivity contribution in [1.29, 1.82) is 0 Å². The summed E-state index contributed by atoms with van der Waals surface area (Å²) in [4.78, 5) is 29.8. The molecule has 2 amide bonds. The van der Waals surface area contributed by atoms with Crippen molar-refractivity contribution in [2.24, 2.45) is 0 Å². The molecule has 8 heteroatoms. The van der Waals surface area contributed by atoms with Gasteiger partial charge in [-0.2, -0.15) is 0 Å². The van der Waals surface area contributed by atoms with Crippen molar-refractivity contribution >= 4 is 12.0 Å². The maximum absolute atomic E-state index is 13.3. The van der Waals surface area contributed by atoms with Crippen LogP contribution in [-0.2, 0) is 9.53 Å². The first kappa shape index (κ1) is 27.1. The maximum Gasteiger partial charge on any atom is 0.408 e. The summed E-state index contributed by atoms with van der Waals surface area (Å²) in [5.74, 6) is 0.00611. The molecule has 2 unspecified atom stereocenters. The number of amides is 2. The van der Waals surface area contributed by atoms with Crippen LogP contribution in [0.3, 0.4) is 0 Å². The van der Waals surface area contributed by atoms with E-state index in [4.69, 9.17) is 4.74 Å². The van der Waals surface area contributed by atoms with Crippen molar-refractivity contribution < 1.29 is 23.8 Å². The van der Waals surface area contributed by atoms with Crippen LogP contribution >= 0.6 is 0 Å².